The molecule has 0 bridgehead atoms. The standard InChI is InChI=1S/C21H21BrN4O/c22-17-11-18-20(24-13-17)19(8-9-23-18)26-10-4-5-15(14-26)12-25-21(27)16-6-2-1-3-7-16/h1-3,6-9,11,13,15H,4-5,10,12,14H2,(H,25,27). The predicted molar refractivity (Wildman–Crippen MR) is 111 cm³/mol. The zero-order chi connectivity index (χ0) is 18.6. The molecule has 1 unspecified atom stereocenters. The minimum Gasteiger partial charge on any atom is -0.369 e. The van der Waals surface area contributed by atoms with Gasteiger partial charge in [-0.1, -0.05) is 18.2 Å². The van der Waals surface area contributed by atoms with Gasteiger partial charge in [-0.25, -0.2) is 0 Å². The van der Waals surface area contributed by atoms with E-state index in [1.165, 1.54) is 0 Å². The SMILES string of the molecule is O=C(NCC1CCCN(c2ccnc3cc(Br)cnc23)C1)c1ccccc1. The Balaban J connectivity index is 1.45. The van der Waals surface area contributed by atoms with Crippen molar-refractivity contribution in [2.75, 3.05) is 24.5 Å². The average Bonchev–Trinajstić information content (AvgIpc) is 2.72. The van der Waals surface area contributed by atoms with Crippen LogP contribution in [-0.2, 0) is 0 Å². The number of carbonyl (C=O) groups is 1. The molecule has 1 amide bonds. The molecule has 1 fully saturated rings. The molecule has 0 spiro atoms. The fourth-order valence-corrected chi connectivity index (χ4v) is 3.94. The number of rotatable bonds is 4. The van der Waals surface area contributed by atoms with Crippen molar-refractivity contribution in [3.8, 4) is 0 Å². The number of anilines is 1. The lowest BCUT2D eigenvalue weighted by molar-refractivity contribution is 0.0945. The van der Waals surface area contributed by atoms with Crippen LogP contribution in [0.5, 0.6) is 0 Å². The number of hydrogen-bond acceptors (Lipinski definition) is 4. The van der Waals surface area contributed by atoms with Gasteiger partial charge in [0.05, 0.1) is 11.2 Å². The van der Waals surface area contributed by atoms with E-state index < -0.39 is 0 Å². The van der Waals surface area contributed by atoms with Crippen LogP contribution in [0, 0.1) is 5.92 Å². The Morgan fingerprint density at radius 2 is 2.07 bits per heavy atom. The van der Waals surface area contributed by atoms with Crippen molar-refractivity contribution < 1.29 is 4.79 Å². The van der Waals surface area contributed by atoms with Gasteiger partial charge < -0.3 is 10.2 Å². The van der Waals surface area contributed by atoms with Gasteiger partial charge in [0, 0.05) is 42.1 Å². The minimum absolute atomic E-state index is 0.00592. The van der Waals surface area contributed by atoms with E-state index in [1.807, 2.05) is 54.9 Å². The molecule has 138 valence electrons. The Hall–Kier alpha value is -2.47. The van der Waals surface area contributed by atoms with Crippen LogP contribution in [-0.4, -0.2) is 35.5 Å². The van der Waals surface area contributed by atoms with Crippen molar-refractivity contribution in [1.82, 2.24) is 15.3 Å². The van der Waals surface area contributed by atoms with Crippen molar-refractivity contribution in [1.29, 1.82) is 0 Å². The normalized spacial score (nSPS) is 17.1. The van der Waals surface area contributed by atoms with E-state index in [0.29, 0.717) is 18.0 Å². The van der Waals surface area contributed by atoms with Gasteiger partial charge in [-0.3, -0.25) is 14.8 Å². The molecule has 1 aliphatic heterocycles. The van der Waals surface area contributed by atoms with E-state index in [9.17, 15) is 4.79 Å². The van der Waals surface area contributed by atoms with Crippen LogP contribution in [0.4, 0.5) is 5.69 Å². The van der Waals surface area contributed by atoms with Gasteiger partial charge >= 0.3 is 0 Å². The molecular weight excluding hydrogens is 404 g/mol. The number of nitrogens with one attached hydrogen (secondary N) is 1. The van der Waals surface area contributed by atoms with Crippen molar-refractivity contribution in [2.45, 2.75) is 12.8 Å². The Morgan fingerprint density at radius 1 is 1.22 bits per heavy atom. The number of amides is 1. The molecule has 4 rings (SSSR count). The quantitative estimate of drug-likeness (QED) is 0.686. The molecule has 5 nitrogen and oxygen atoms in total. The molecule has 27 heavy (non-hydrogen) atoms. The highest BCUT2D eigenvalue weighted by Crippen LogP contribution is 2.29. The first-order valence-electron chi connectivity index (χ1n) is 9.19. The molecule has 2 aromatic heterocycles. The molecule has 1 atom stereocenters. The fourth-order valence-electron chi connectivity index (χ4n) is 3.63. The topological polar surface area (TPSA) is 58.1 Å². The minimum atomic E-state index is -0.00592. The summed E-state index contributed by atoms with van der Waals surface area (Å²) in [6, 6.07) is 13.4. The van der Waals surface area contributed by atoms with Crippen LogP contribution in [0.25, 0.3) is 11.0 Å². The lowest BCUT2D eigenvalue weighted by Crippen LogP contribution is -2.41. The van der Waals surface area contributed by atoms with Crippen LogP contribution in [0.2, 0.25) is 0 Å². The van der Waals surface area contributed by atoms with Crippen LogP contribution in [0.1, 0.15) is 23.2 Å². The van der Waals surface area contributed by atoms with Gasteiger partial charge in [0.2, 0.25) is 0 Å². The highest BCUT2D eigenvalue weighted by molar-refractivity contribution is 9.10. The molecule has 0 saturated carbocycles. The Labute approximate surface area is 166 Å². The van der Waals surface area contributed by atoms with Crippen LogP contribution in [0.3, 0.4) is 0 Å². The maximum atomic E-state index is 12.3. The molecule has 1 aromatic carbocycles. The fraction of sp³-hybridized carbons (Fsp3) is 0.286. The lowest BCUT2D eigenvalue weighted by Gasteiger charge is -2.34. The van der Waals surface area contributed by atoms with Gasteiger partial charge in [0.1, 0.15) is 5.52 Å². The van der Waals surface area contributed by atoms with Gasteiger partial charge in [-0.05, 0) is 59.0 Å². The summed E-state index contributed by atoms with van der Waals surface area (Å²) >= 11 is 3.46. The molecule has 1 aliphatic rings. The number of hydrogen-bond donors (Lipinski definition) is 1. The van der Waals surface area contributed by atoms with E-state index in [4.69, 9.17) is 0 Å². The van der Waals surface area contributed by atoms with Gasteiger partial charge in [-0.2, -0.15) is 0 Å². The lowest BCUT2D eigenvalue weighted by atomic mass is 9.97. The summed E-state index contributed by atoms with van der Waals surface area (Å²) in [5.41, 5.74) is 3.64. The summed E-state index contributed by atoms with van der Waals surface area (Å²) in [5.74, 6) is 0.415. The number of piperidine rings is 1. The number of halogens is 1. The number of nitrogens with zero attached hydrogens (tertiary/aromatic N) is 3. The third-order valence-corrected chi connectivity index (χ3v) is 5.40. The second-order valence-corrected chi connectivity index (χ2v) is 7.80. The molecule has 3 aromatic rings. The van der Waals surface area contributed by atoms with Crippen LogP contribution >= 0.6 is 15.9 Å². The largest absolute Gasteiger partial charge is 0.369 e. The van der Waals surface area contributed by atoms with Crippen molar-refractivity contribution in [3.63, 3.8) is 0 Å². The highest BCUT2D eigenvalue weighted by atomic mass is 79.9. The van der Waals surface area contributed by atoms with Crippen molar-refractivity contribution in [3.05, 3.63) is 64.9 Å². The summed E-state index contributed by atoms with van der Waals surface area (Å²) in [6.45, 7) is 2.60. The van der Waals surface area contributed by atoms with E-state index in [1.54, 1.807) is 0 Å². The summed E-state index contributed by atoms with van der Waals surface area (Å²) in [6.07, 6.45) is 5.88. The summed E-state index contributed by atoms with van der Waals surface area (Å²) in [4.78, 5) is 23.7. The molecule has 1 saturated heterocycles. The maximum absolute atomic E-state index is 12.3. The number of benzene rings is 1. The van der Waals surface area contributed by atoms with Crippen molar-refractivity contribution in [2.24, 2.45) is 5.92 Å². The predicted octanol–water partition coefficient (Wildman–Crippen LogP) is 4.04. The first-order chi connectivity index (χ1) is 13.2. The van der Waals surface area contributed by atoms with Crippen LogP contribution < -0.4 is 10.2 Å². The van der Waals surface area contributed by atoms with E-state index in [-0.39, 0.29) is 5.91 Å². The second-order valence-electron chi connectivity index (χ2n) is 6.88. The van der Waals surface area contributed by atoms with E-state index >= 15 is 0 Å². The molecule has 1 N–H and O–H groups in total. The number of carbonyl (C=O) groups excluding carboxylic acids is 1. The summed E-state index contributed by atoms with van der Waals surface area (Å²) < 4.78 is 0.930. The second kappa shape index (κ2) is 8.05. The van der Waals surface area contributed by atoms with Gasteiger partial charge in [0.15, 0.2) is 0 Å². The average molecular weight is 425 g/mol. The highest BCUT2D eigenvalue weighted by Gasteiger charge is 2.22. The van der Waals surface area contributed by atoms with Gasteiger partial charge in [-0.15, -0.1) is 0 Å². The molecule has 6 heteroatoms. The van der Waals surface area contributed by atoms with E-state index in [0.717, 1.165) is 47.1 Å². The number of fused-ring (bicyclic) bond motifs is 1. The Bertz CT molecular complexity index is 947. The van der Waals surface area contributed by atoms with Gasteiger partial charge in [0.25, 0.3) is 5.91 Å². The van der Waals surface area contributed by atoms with E-state index in [2.05, 4.69) is 36.1 Å². The van der Waals surface area contributed by atoms with Crippen molar-refractivity contribution >= 4 is 38.6 Å². The third-order valence-electron chi connectivity index (χ3n) is 4.97. The molecular formula is C21H21BrN4O. The number of pyridine rings is 2. The summed E-state index contributed by atoms with van der Waals surface area (Å²) in [5, 5.41) is 3.09. The first kappa shape index (κ1) is 17.9. The third kappa shape index (κ3) is 4.11. The monoisotopic (exact) mass is 424 g/mol. The first-order valence-corrected chi connectivity index (χ1v) is 9.98. The maximum Gasteiger partial charge on any atom is 0.251 e. The Kier molecular flexibility index (Phi) is 5.34. The zero-order valence-electron chi connectivity index (χ0n) is 14.9. The number of aromatic nitrogens is 2. The molecule has 0 radical (unpaired) electrons. The zero-order valence-corrected chi connectivity index (χ0v) is 16.5. The Morgan fingerprint density at radius 3 is 2.93 bits per heavy atom. The van der Waals surface area contributed by atoms with Crippen LogP contribution in [0.15, 0.2) is 59.3 Å². The molecule has 3 heterocycles. The molecule has 0 aliphatic carbocycles. The summed E-state index contributed by atoms with van der Waals surface area (Å²) in [7, 11) is 0. The smallest absolute Gasteiger partial charge is 0.251 e.